The molecule has 0 amide bonds. The van der Waals surface area contributed by atoms with Gasteiger partial charge in [0.05, 0.1) is 11.0 Å². The molecule has 3 rings (SSSR count). The standard InChI is InChI=1S/C16H13N5O6/c22-16(23)13(6-10-5-9-3-1-2-4-12(9)17-10)18-14-7-11(20(24)25)8-15(19-14)21(26)27/h1-5,7-8,13,17H,6H2,(H,18,19)(H,22,23)/t13-/m0/s1. The molecule has 11 nitrogen and oxygen atoms in total. The Labute approximate surface area is 151 Å². The predicted octanol–water partition coefficient (Wildman–Crippen LogP) is 2.49. The van der Waals surface area contributed by atoms with E-state index >= 15 is 0 Å². The van der Waals surface area contributed by atoms with Crippen molar-refractivity contribution in [3.63, 3.8) is 0 Å². The number of anilines is 1. The van der Waals surface area contributed by atoms with Gasteiger partial charge < -0.3 is 25.5 Å². The third kappa shape index (κ3) is 3.98. The van der Waals surface area contributed by atoms with Crippen LogP contribution in [0, 0.1) is 20.2 Å². The number of rotatable bonds is 7. The van der Waals surface area contributed by atoms with Crippen LogP contribution in [0.2, 0.25) is 0 Å². The minimum atomic E-state index is -1.23. The van der Waals surface area contributed by atoms with Crippen molar-refractivity contribution in [1.82, 2.24) is 9.97 Å². The third-order valence-corrected chi connectivity index (χ3v) is 3.82. The van der Waals surface area contributed by atoms with Gasteiger partial charge in [0.1, 0.15) is 12.1 Å². The number of nitrogens with one attached hydrogen (secondary N) is 2. The quantitative estimate of drug-likeness (QED) is 0.421. The van der Waals surface area contributed by atoms with E-state index in [-0.39, 0.29) is 12.2 Å². The molecular formula is C16H13N5O6. The number of carbonyl (C=O) groups is 1. The molecule has 3 N–H and O–H groups in total. The number of nitro groups is 2. The SMILES string of the molecule is O=C(O)[C@H](Cc1cc2ccccc2[nH]1)Nc1cc([N+](=O)[O-])cc([N+](=O)[O-])n1. The number of hydrogen-bond donors (Lipinski definition) is 3. The normalized spacial score (nSPS) is 11.9. The molecule has 0 saturated carbocycles. The van der Waals surface area contributed by atoms with Gasteiger partial charge in [-0.3, -0.25) is 10.1 Å². The zero-order valence-corrected chi connectivity index (χ0v) is 13.7. The molecule has 0 aliphatic rings. The van der Waals surface area contributed by atoms with E-state index in [2.05, 4.69) is 15.3 Å². The van der Waals surface area contributed by atoms with Gasteiger partial charge >= 0.3 is 11.8 Å². The van der Waals surface area contributed by atoms with Gasteiger partial charge in [-0.1, -0.05) is 18.2 Å². The first-order chi connectivity index (χ1) is 12.8. The van der Waals surface area contributed by atoms with E-state index in [1.807, 2.05) is 24.3 Å². The average Bonchev–Trinajstić information content (AvgIpc) is 3.03. The Kier molecular flexibility index (Phi) is 4.66. The molecule has 11 heteroatoms. The summed E-state index contributed by atoms with van der Waals surface area (Å²) in [5, 5.41) is 34.7. The van der Waals surface area contributed by atoms with Gasteiger partial charge in [0.25, 0.3) is 5.69 Å². The van der Waals surface area contributed by atoms with Crippen molar-refractivity contribution in [2.75, 3.05) is 5.32 Å². The summed E-state index contributed by atoms with van der Waals surface area (Å²) in [7, 11) is 0. The highest BCUT2D eigenvalue weighted by Gasteiger charge is 2.25. The summed E-state index contributed by atoms with van der Waals surface area (Å²) in [6.07, 6.45) is 0.0161. The predicted molar refractivity (Wildman–Crippen MR) is 94.6 cm³/mol. The van der Waals surface area contributed by atoms with Crippen LogP contribution in [0.3, 0.4) is 0 Å². The Morgan fingerprint density at radius 1 is 1.19 bits per heavy atom. The number of hydrogen-bond acceptors (Lipinski definition) is 7. The van der Waals surface area contributed by atoms with Crippen LogP contribution in [-0.2, 0) is 11.2 Å². The molecule has 138 valence electrons. The Balaban J connectivity index is 1.89. The second-order valence-electron chi connectivity index (χ2n) is 5.70. The average molecular weight is 371 g/mol. The van der Waals surface area contributed by atoms with Gasteiger partial charge in [0, 0.05) is 17.6 Å². The van der Waals surface area contributed by atoms with Gasteiger partial charge in [-0.15, -0.1) is 0 Å². The van der Waals surface area contributed by atoms with Gasteiger partial charge in [-0.2, -0.15) is 0 Å². The molecular weight excluding hydrogens is 358 g/mol. The second kappa shape index (κ2) is 7.07. The van der Waals surface area contributed by atoms with Crippen molar-refractivity contribution >= 4 is 34.2 Å². The van der Waals surface area contributed by atoms with Crippen LogP contribution in [0.15, 0.2) is 42.5 Å². The van der Waals surface area contributed by atoms with E-state index in [9.17, 15) is 30.1 Å². The summed E-state index contributed by atoms with van der Waals surface area (Å²) in [4.78, 5) is 38.5. The van der Waals surface area contributed by atoms with Gasteiger partial charge in [0.15, 0.2) is 0 Å². The third-order valence-electron chi connectivity index (χ3n) is 3.82. The van der Waals surface area contributed by atoms with Crippen LogP contribution < -0.4 is 5.32 Å². The number of aromatic nitrogens is 2. The molecule has 2 aromatic heterocycles. The van der Waals surface area contributed by atoms with Crippen LogP contribution in [0.4, 0.5) is 17.3 Å². The van der Waals surface area contributed by atoms with E-state index in [1.165, 1.54) is 0 Å². The Bertz CT molecular complexity index is 981. The van der Waals surface area contributed by atoms with Gasteiger partial charge in [-0.25, -0.2) is 4.79 Å². The Hall–Kier alpha value is -4.02. The number of fused-ring (bicyclic) bond motifs is 1. The summed E-state index contributed by atoms with van der Waals surface area (Å²) in [6.45, 7) is 0. The van der Waals surface area contributed by atoms with Gasteiger partial charge in [-0.05, 0) is 27.4 Å². The molecule has 1 aromatic carbocycles. The van der Waals surface area contributed by atoms with Crippen LogP contribution in [0.1, 0.15) is 5.69 Å². The Morgan fingerprint density at radius 3 is 2.56 bits per heavy atom. The number of aliphatic carboxylic acids is 1. The van der Waals surface area contributed by atoms with Crippen molar-refractivity contribution in [3.8, 4) is 0 Å². The molecule has 0 saturated heterocycles. The van der Waals surface area contributed by atoms with E-state index < -0.39 is 33.4 Å². The lowest BCUT2D eigenvalue weighted by Gasteiger charge is -2.12. The van der Waals surface area contributed by atoms with Crippen molar-refractivity contribution in [1.29, 1.82) is 0 Å². The van der Waals surface area contributed by atoms with Crippen molar-refractivity contribution in [3.05, 3.63) is 68.4 Å². The van der Waals surface area contributed by atoms with Crippen LogP contribution in [0.25, 0.3) is 10.9 Å². The van der Waals surface area contributed by atoms with E-state index in [1.54, 1.807) is 6.07 Å². The lowest BCUT2D eigenvalue weighted by Crippen LogP contribution is -2.32. The highest BCUT2D eigenvalue weighted by molar-refractivity contribution is 5.81. The monoisotopic (exact) mass is 371 g/mol. The number of nitrogens with zero attached hydrogens (tertiary/aromatic N) is 3. The van der Waals surface area contributed by atoms with Crippen molar-refractivity contribution in [2.24, 2.45) is 0 Å². The van der Waals surface area contributed by atoms with Crippen molar-refractivity contribution in [2.45, 2.75) is 12.5 Å². The summed E-state index contributed by atoms with van der Waals surface area (Å²) >= 11 is 0. The molecule has 0 aliphatic heterocycles. The molecule has 0 fully saturated rings. The number of aromatic amines is 1. The lowest BCUT2D eigenvalue weighted by atomic mass is 10.1. The molecule has 0 radical (unpaired) electrons. The zero-order valence-electron chi connectivity index (χ0n) is 13.7. The fourth-order valence-electron chi connectivity index (χ4n) is 2.62. The maximum atomic E-state index is 11.6. The van der Waals surface area contributed by atoms with E-state index in [4.69, 9.17) is 0 Å². The topological polar surface area (TPSA) is 164 Å². The Morgan fingerprint density at radius 2 is 1.93 bits per heavy atom. The first-order valence-electron chi connectivity index (χ1n) is 7.70. The smallest absolute Gasteiger partial charge is 0.372 e. The maximum Gasteiger partial charge on any atom is 0.372 e. The molecule has 0 spiro atoms. The molecule has 2 heterocycles. The molecule has 3 aromatic rings. The molecule has 0 unspecified atom stereocenters. The number of H-pyrrole nitrogens is 1. The number of para-hydroxylation sites is 1. The summed E-state index contributed by atoms with van der Waals surface area (Å²) in [5.74, 6) is -2.24. The summed E-state index contributed by atoms with van der Waals surface area (Å²) in [6, 6.07) is 9.63. The number of carboxylic acids is 1. The first-order valence-corrected chi connectivity index (χ1v) is 7.70. The summed E-state index contributed by atoms with van der Waals surface area (Å²) in [5.41, 5.74) is 0.894. The molecule has 1 atom stereocenters. The van der Waals surface area contributed by atoms with E-state index in [0.29, 0.717) is 11.8 Å². The number of pyridine rings is 1. The van der Waals surface area contributed by atoms with Crippen molar-refractivity contribution < 1.29 is 19.7 Å². The molecule has 27 heavy (non-hydrogen) atoms. The maximum absolute atomic E-state index is 11.6. The number of benzene rings is 1. The van der Waals surface area contributed by atoms with Crippen LogP contribution in [0.5, 0.6) is 0 Å². The minimum Gasteiger partial charge on any atom is -0.480 e. The fourth-order valence-corrected chi connectivity index (χ4v) is 2.62. The van der Waals surface area contributed by atoms with Crippen LogP contribution in [-0.4, -0.2) is 36.9 Å². The molecule has 0 bridgehead atoms. The zero-order chi connectivity index (χ0) is 19.6. The highest BCUT2D eigenvalue weighted by atomic mass is 16.6. The molecule has 0 aliphatic carbocycles. The van der Waals surface area contributed by atoms with Crippen LogP contribution >= 0.6 is 0 Å². The lowest BCUT2D eigenvalue weighted by molar-refractivity contribution is -0.397. The minimum absolute atomic E-state index is 0.0161. The number of carboxylic acid groups (broad SMARTS) is 1. The highest BCUT2D eigenvalue weighted by Crippen LogP contribution is 2.23. The fraction of sp³-hybridized carbons (Fsp3) is 0.125. The van der Waals surface area contributed by atoms with Gasteiger partial charge in [0.2, 0.25) is 5.82 Å². The first kappa shape index (κ1) is 17.8. The second-order valence-corrected chi connectivity index (χ2v) is 5.70. The largest absolute Gasteiger partial charge is 0.480 e. The van der Waals surface area contributed by atoms with E-state index in [0.717, 1.165) is 17.0 Å². The summed E-state index contributed by atoms with van der Waals surface area (Å²) < 4.78 is 0.